The third-order valence-corrected chi connectivity index (χ3v) is 5.67. The Hall–Kier alpha value is -3.10. The van der Waals surface area contributed by atoms with Crippen molar-refractivity contribution >= 4 is 34.9 Å². The number of benzene rings is 2. The lowest BCUT2D eigenvalue weighted by molar-refractivity contribution is -0.124. The largest absolute Gasteiger partial charge is 0.497 e. The van der Waals surface area contributed by atoms with E-state index < -0.39 is 17.2 Å². The van der Waals surface area contributed by atoms with Crippen LogP contribution in [-0.2, 0) is 16.0 Å². The number of ether oxygens (including phenoxy) is 1. The number of methoxy groups -OCH3 is 1. The zero-order chi connectivity index (χ0) is 22.2. The van der Waals surface area contributed by atoms with Crippen LogP contribution in [0.15, 0.2) is 59.5 Å². The summed E-state index contributed by atoms with van der Waals surface area (Å²) in [7, 11) is 1.57. The van der Waals surface area contributed by atoms with Crippen molar-refractivity contribution in [3.8, 4) is 5.75 Å². The molecule has 31 heavy (non-hydrogen) atoms. The number of carbonyl (C=O) groups is 3. The summed E-state index contributed by atoms with van der Waals surface area (Å²) < 4.78 is 5.11. The Morgan fingerprint density at radius 3 is 2.52 bits per heavy atom. The highest BCUT2D eigenvalue weighted by atomic mass is 32.2. The number of imide groups is 1. The molecule has 1 aliphatic rings. The Labute approximate surface area is 185 Å². The first-order chi connectivity index (χ1) is 15.0. The lowest BCUT2D eigenvalue weighted by Crippen LogP contribution is -2.41. The van der Waals surface area contributed by atoms with E-state index >= 15 is 0 Å². The van der Waals surface area contributed by atoms with E-state index in [1.165, 1.54) is 0 Å². The van der Waals surface area contributed by atoms with Gasteiger partial charge in [0, 0.05) is 13.0 Å². The van der Waals surface area contributed by atoms with Crippen LogP contribution in [-0.4, -0.2) is 53.4 Å². The van der Waals surface area contributed by atoms with Gasteiger partial charge in [-0.15, -0.1) is 0 Å². The smallest absolute Gasteiger partial charge is 0.293 e. The maximum atomic E-state index is 12.6. The number of nitrogens with one attached hydrogen (secondary N) is 1. The summed E-state index contributed by atoms with van der Waals surface area (Å²) in [6, 6.07) is 16.2. The third kappa shape index (κ3) is 6.19. The van der Waals surface area contributed by atoms with Crippen LogP contribution < -0.4 is 10.1 Å². The minimum Gasteiger partial charge on any atom is -0.497 e. The van der Waals surface area contributed by atoms with Crippen LogP contribution in [0.5, 0.6) is 5.75 Å². The Morgan fingerprint density at radius 1 is 1.16 bits per heavy atom. The lowest BCUT2D eigenvalue weighted by atomic mass is 10.1. The number of hydrogen-bond donors (Lipinski definition) is 2. The predicted molar refractivity (Wildman–Crippen MR) is 119 cm³/mol. The number of nitrogens with zero attached hydrogens (tertiary/aromatic N) is 1. The molecule has 0 bridgehead atoms. The highest BCUT2D eigenvalue weighted by molar-refractivity contribution is 8.18. The lowest BCUT2D eigenvalue weighted by Gasteiger charge is -2.18. The van der Waals surface area contributed by atoms with Crippen LogP contribution in [0, 0.1) is 0 Å². The minimum absolute atomic E-state index is 0.0140. The summed E-state index contributed by atoms with van der Waals surface area (Å²) in [6.45, 7) is -0.216. The van der Waals surface area contributed by atoms with Crippen LogP contribution in [0.25, 0.3) is 6.08 Å². The first-order valence-corrected chi connectivity index (χ1v) is 10.7. The fourth-order valence-electron chi connectivity index (χ4n) is 3.12. The van der Waals surface area contributed by atoms with Gasteiger partial charge in [0.05, 0.1) is 24.7 Å². The summed E-state index contributed by atoms with van der Waals surface area (Å²) in [5.74, 6) is -0.0421. The molecule has 8 heteroatoms. The first-order valence-electron chi connectivity index (χ1n) is 9.83. The fraction of sp³-hybridized carbons (Fsp3) is 0.261. The van der Waals surface area contributed by atoms with Crippen LogP contribution in [0.3, 0.4) is 0 Å². The Bertz CT molecular complexity index is 960. The van der Waals surface area contributed by atoms with Crippen molar-refractivity contribution in [3.05, 3.63) is 70.6 Å². The summed E-state index contributed by atoms with van der Waals surface area (Å²) >= 11 is 0.854. The Kier molecular flexibility index (Phi) is 7.86. The number of amides is 3. The Morgan fingerprint density at radius 2 is 1.87 bits per heavy atom. The van der Waals surface area contributed by atoms with E-state index in [0.717, 1.165) is 27.8 Å². The molecule has 0 spiro atoms. The molecule has 0 aromatic heterocycles. The van der Waals surface area contributed by atoms with Crippen LogP contribution in [0.2, 0.25) is 0 Å². The normalized spacial score (nSPS) is 15.9. The first kappa shape index (κ1) is 22.6. The molecule has 1 aliphatic heterocycles. The van der Waals surface area contributed by atoms with E-state index in [9.17, 15) is 19.5 Å². The van der Waals surface area contributed by atoms with Gasteiger partial charge >= 0.3 is 0 Å². The molecule has 0 aliphatic carbocycles. The number of rotatable bonds is 9. The van der Waals surface area contributed by atoms with E-state index in [-0.39, 0.29) is 25.5 Å². The maximum absolute atomic E-state index is 12.6. The maximum Gasteiger partial charge on any atom is 0.293 e. The quantitative estimate of drug-likeness (QED) is 0.582. The molecule has 7 nitrogen and oxygen atoms in total. The van der Waals surface area contributed by atoms with Gasteiger partial charge in [0.25, 0.3) is 11.1 Å². The van der Waals surface area contributed by atoms with Crippen LogP contribution >= 0.6 is 11.8 Å². The van der Waals surface area contributed by atoms with E-state index in [1.807, 2.05) is 30.3 Å². The van der Waals surface area contributed by atoms with Gasteiger partial charge in [0.1, 0.15) is 5.75 Å². The van der Waals surface area contributed by atoms with E-state index in [2.05, 4.69) is 5.32 Å². The van der Waals surface area contributed by atoms with Crippen LogP contribution in [0.1, 0.15) is 17.5 Å². The van der Waals surface area contributed by atoms with Gasteiger partial charge in [0.15, 0.2) is 0 Å². The molecule has 162 valence electrons. The monoisotopic (exact) mass is 440 g/mol. The molecular formula is C23H24N2O5S. The molecule has 1 saturated heterocycles. The zero-order valence-corrected chi connectivity index (χ0v) is 17.9. The summed E-state index contributed by atoms with van der Waals surface area (Å²) in [5.41, 5.74) is 1.77. The topological polar surface area (TPSA) is 95.9 Å². The highest BCUT2D eigenvalue weighted by Crippen LogP contribution is 2.32. The molecule has 1 atom stereocenters. The summed E-state index contributed by atoms with van der Waals surface area (Å²) in [4.78, 5) is 38.5. The van der Waals surface area contributed by atoms with Gasteiger partial charge < -0.3 is 15.2 Å². The van der Waals surface area contributed by atoms with Gasteiger partial charge in [0.2, 0.25) is 5.91 Å². The van der Waals surface area contributed by atoms with Crippen molar-refractivity contribution in [2.24, 2.45) is 0 Å². The van der Waals surface area contributed by atoms with Crippen molar-refractivity contribution in [3.63, 3.8) is 0 Å². The molecule has 0 saturated carbocycles. The van der Waals surface area contributed by atoms with Gasteiger partial charge in [-0.05, 0) is 47.5 Å². The SMILES string of the molecule is COc1ccc(/C=C2\SC(=O)N(CCC(=O)N[C@H](CO)Cc3ccccc3)C2=O)cc1. The fourth-order valence-corrected chi connectivity index (χ4v) is 3.98. The Balaban J connectivity index is 1.54. The van der Waals surface area contributed by atoms with E-state index in [1.54, 1.807) is 37.5 Å². The van der Waals surface area contributed by atoms with Crippen molar-refractivity contribution in [1.29, 1.82) is 0 Å². The average molecular weight is 441 g/mol. The number of hydrogen-bond acceptors (Lipinski definition) is 6. The standard InChI is InChI=1S/C23H24N2O5S/c1-30-19-9-7-17(8-10-19)14-20-22(28)25(23(29)31-20)12-11-21(27)24-18(15-26)13-16-5-3-2-4-6-16/h2-10,14,18,26H,11-13,15H2,1H3,(H,24,27)/b20-14-/t18-/m0/s1. The number of thioether (sulfide) groups is 1. The van der Waals surface area contributed by atoms with Crippen molar-refractivity contribution in [1.82, 2.24) is 10.2 Å². The van der Waals surface area contributed by atoms with Crippen molar-refractivity contribution < 1.29 is 24.2 Å². The van der Waals surface area contributed by atoms with Gasteiger partial charge in [-0.1, -0.05) is 42.5 Å². The summed E-state index contributed by atoms with van der Waals surface area (Å²) in [5, 5.41) is 11.9. The van der Waals surface area contributed by atoms with Crippen LogP contribution in [0.4, 0.5) is 4.79 Å². The third-order valence-electron chi connectivity index (χ3n) is 4.76. The number of aliphatic hydroxyl groups is 1. The minimum atomic E-state index is -0.431. The zero-order valence-electron chi connectivity index (χ0n) is 17.1. The second-order valence-electron chi connectivity index (χ2n) is 6.99. The molecule has 3 amide bonds. The second-order valence-corrected chi connectivity index (χ2v) is 7.99. The highest BCUT2D eigenvalue weighted by Gasteiger charge is 2.35. The predicted octanol–water partition coefficient (Wildman–Crippen LogP) is 2.84. The molecule has 0 radical (unpaired) electrons. The van der Waals surface area contributed by atoms with Gasteiger partial charge in [-0.2, -0.15) is 0 Å². The van der Waals surface area contributed by atoms with Gasteiger partial charge in [-0.25, -0.2) is 0 Å². The molecule has 1 heterocycles. The van der Waals surface area contributed by atoms with Crippen molar-refractivity contribution in [2.45, 2.75) is 18.9 Å². The molecule has 2 N–H and O–H groups in total. The molecule has 2 aromatic carbocycles. The number of carbonyl (C=O) groups excluding carboxylic acids is 3. The molecule has 1 fully saturated rings. The van der Waals surface area contributed by atoms with E-state index in [4.69, 9.17) is 4.74 Å². The summed E-state index contributed by atoms with van der Waals surface area (Å²) in [6.07, 6.45) is 2.11. The van der Waals surface area contributed by atoms with Crippen molar-refractivity contribution in [2.75, 3.05) is 20.3 Å². The average Bonchev–Trinajstić information content (AvgIpc) is 3.05. The molecule has 2 aromatic rings. The molecule has 3 rings (SSSR count). The number of aliphatic hydroxyl groups excluding tert-OH is 1. The molecular weight excluding hydrogens is 416 g/mol. The van der Waals surface area contributed by atoms with E-state index in [0.29, 0.717) is 17.1 Å². The second kappa shape index (κ2) is 10.8. The van der Waals surface area contributed by atoms with Gasteiger partial charge in [-0.3, -0.25) is 19.3 Å². The molecule has 0 unspecified atom stereocenters.